The number of rotatable bonds is 5. The molecule has 4 saturated carbocycles. The first kappa shape index (κ1) is 22.7. The molecule has 1 aromatic heterocycles. The Balaban J connectivity index is 1.32. The monoisotopic (exact) mass is 443 g/mol. The van der Waals surface area contributed by atoms with Crippen molar-refractivity contribution in [2.24, 2.45) is 40.9 Å². The van der Waals surface area contributed by atoms with Gasteiger partial charge in [0.1, 0.15) is 0 Å². The van der Waals surface area contributed by atoms with Crippen molar-refractivity contribution in [3.05, 3.63) is 12.4 Å². The van der Waals surface area contributed by atoms with Gasteiger partial charge in [0.15, 0.2) is 0 Å². The van der Waals surface area contributed by atoms with Crippen LogP contribution in [-0.4, -0.2) is 31.2 Å². The maximum absolute atomic E-state index is 12.1. The van der Waals surface area contributed by atoms with Crippen LogP contribution in [0.1, 0.15) is 91.4 Å². The third-order valence-electron chi connectivity index (χ3n) is 11.0. The first-order chi connectivity index (χ1) is 15.2. The van der Waals surface area contributed by atoms with E-state index in [4.69, 9.17) is 5.73 Å². The Morgan fingerprint density at radius 1 is 1.09 bits per heavy atom. The molecule has 5 heteroatoms. The molecule has 0 amide bonds. The Bertz CT molecular complexity index is 826. The van der Waals surface area contributed by atoms with Crippen LogP contribution in [-0.2, 0) is 6.54 Å². The number of fused-ring (bicyclic) bond motifs is 5. The minimum Gasteiger partial charge on any atom is -0.396 e. The standard InChI is InChI=1S/C27H45N3O2/c1-4-10-26(31)12-8-21-19(14-26)5-6-23-22(21)7-11-25(3)24(23)9-13-27(25,32)18(2)16-30-17-20(28)15-29-30/h15,17-19,21-24,31-32H,4-14,16,28H2,1-3H3/t18?,19?,21?,22?,23?,24?,25-,26+,27-/m0/s1. The summed E-state index contributed by atoms with van der Waals surface area (Å²) >= 11 is 0. The molecule has 5 nitrogen and oxygen atoms in total. The zero-order valence-corrected chi connectivity index (χ0v) is 20.5. The van der Waals surface area contributed by atoms with Crippen LogP contribution in [0.15, 0.2) is 12.4 Å². The summed E-state index contributed by atoms with van der Waals surface area (Å²) in [6.07, 6.45) is 16.0. The summed E-state index contributed by atoms with van der Waals surface area (Å²) in [4.78, 5) is 0. The number of nitrogens with zero attached hydrogens (tertiary/aromatic N) is 2. The lowest BCUT2D eigenvalue weighted by Gasteiger charge is -2.59. The molecule has 6 unspecified atom stereocenters. The fourth-order valence-corrected chi connectivity index (χ4v) is 9.43. The Hall–Kier alpha value is -1.07. The second-order valence-electron chi connectivity index (χ2n) is 12.5. The van der Waals surface area contributed by atoms with Gasteiger partial charge in [0.2, 0.25) is 0 Å². The summed E-state index contributed by atoms with van der Waals surface area (Å²) in [6, 6.07) is 0. The number of nitrogens with two attached hydrogens (primary N) is 1. The molecule has 0 aliphatic heterocycles. The summed E-state index contributed by atoms with van der Waals surface area (Å²) in [5, 5.41) is 27.6. The molecule has 4 N–H and O–H groups in total. The van der Waals surface area contributed by atoms with Crippen molar-refractivity contribution in [1.82, 2.24) is 9.78 Å². The molecule has 180 valence electrons. The highest BCUT2D eigenvalue weighted by Gasteiger charge is 2.64. The number of nitrogen functional groups attached to an aromatic ring is 1. The first-order valence-electron chi connectivity index (χ1n) is 13.4. The van der Waals surface area contributed by atoms with Gasteiger partial charge >= 0.3 is 0 Å². The van der Waals surface area contributed by atoms with E-state index in [0.29, 0.717) is 11.6 Å². The molecular formula is C27H45N3O2. The molecule has 0 saturated heterocycles. The minimum absolute atomic E-state index is 0.00324. The van der Waals surface area contributed by atoms with Crippen LogP contribution in [0.2, 0.25) is 0 Å². The highest BCUT2D eigenvalue weighted by atomic mass is 16.3. The third kappa shape index (κ3) is 3.45. The van der Waals surface area contributed by atoms with E-state index in [2.05, 4.69) is 25.9 Å². The lowest BCUT2D eigenvalue weighted by Crippen LogP contribution is -2.57. The molecular weight excluding hydrogens is 398 g/mol. The fourth-order valence-electron chi connectivity index (χ4n) is 9.43. The average Bonchev–Trinajstić information content (AvgIpc) is 3.28. The van der Waals surface area contributed by atoms with Crippen LogP contribution in [0.5, 0.6) is 0 Å². The van der Waals surface area contributed by atoms with E-state index in [9.17, 15) is 10.2 Å². The van der Waals surface area contributed by atoms with Gasteiger partial charge in [0.25, 0.3) is 0 Å². The second kappa shape index (κ2) is 8.01. The number of aliphatic hydroxyl groups is 2. The number of aromatic nitrogens is 2. The summed E-state index contributed by atoms with van der Waals surface area (Å²) in [5.41, 5.74) is 5.53. The summed E-state index contributed by atoms with van der Waals surface area (Å²) in [7, 11) is 0. The third-order valence-corrected chi connectivity index (χ3v) is 11.0. The molecule has 0 bridgehead atoms. The predicted octanol–water partition coefficient (Wildman–Crippen LogP) is 5.02. The molecule has 1 aromatic rings. The van der Waals surface area contributed by atoms with Crippen molar-refractivity contribution in [2.45, 2.75) is 109 Å². The summed E-state index contributed by atoms with van der Waals surface area (Å²) in [5.74, 6) is 3.87. The van der Waals surface area contributed by atoms with Crippen molar-refractivity contribution in [3.63, 3.8) is 0 Å². The number of hydrogen-bond donors (Lipinski definition) is 3. The van der Waals surface area contributed by atoms with Crippen molar-refractivity contribution in [3.8, 4) is 0 Å². The molecule has 5 rings (SSSR count). The van der Waals surface area contributed by atoms with Crippen LogP contribution < -0.4 is 5.73 Å². The largest absolute Gasteiger partial charge is 0.396 e. The van der Waals surface area contributed by atoms with E-state index in [1.165, 1.54) is 25.7 Å². The van der Waals surface area contributed by atoms with Gasteiger partial charge < -0.3 is 15.9 Å². The highest BCUT2D eigenvalue weighted by molar-refractivity contribution is 5.30. The van der Waals surface area contributed by atoms with Crippen molar-refractivity contribution in [1.29, 1.82) is 0 Å². The lowest BCUT2D eigenvalue weighted by atomic mass is 9.47. The topological polar surface area (TPSA) is 84.3 Å². The van der Waals surface area contributed by atoms with Crippen LogP contribution in [0.25, 0.3) is 0 Å². The zero-order chi connectivity index (χ0) is 22.7. The first-order valence-corrected chi connectivity index (χ1v) is 13.4. The van der Waals surface area contributed by atoms with E-state index in [0.717, 1.165) is 75.2 Å². The lowest BCUT2D eigenvalue weighted by molar-refractivity contribution is -0.162. The fraction of sp³-hybridized carbons (Fsp3) is 0.889. The van der Waals surface area contributed by atoms with E-state index in [1.807, 2.05) is 10.9 Å². The van der Waals surface area contributed by atoms with Crippen LogP contribution >= 0.6 is 0 Å². The summed E-state index contributed by atoms with van der Waals surface area (Å²) in [6.45, 7) is 7.54. The maximum Gasteiger partial charge on any atom is 0.0746 e. The van der Waals surface area contributed by atoms with Crippen molar-refractivity contribution < 1.29 is 10.2 Å². The molecule has 0 spiro atoms. The predicted molar refractivity (Wildman–Crippen MR) is 128 cm³/mol. The van der Waals surface area contributed by atoms with Crippen LogP contribution in [0.3, 0.4) is 0 Å². The van der Waals surface area contributed by atoms with E-state index in [1.54, 1.807) is 6.20 Å². The normalized spacial score (nSPS) is 46.8. The molecule has 9 atom stereocenters. The van der Waals surface area contributed by atoms with Gasteiger partial charge in [-0.25, -0.2) is 0 Å². The van der Waals surface area contributed by atoms with Crippen molar-refractivity contribution in [2.75, 3.05) is 5.73 Å². The molecule has 32 heavy (non-hydrogen) atoms. The highest BCUT2D eigenvalue weighted by Crippen LogP contribution is 2.67. The number of hydrogen-bond acceptors (Lipinski definition) is 4. The van der Waals surface area contributed by atoms with Gasteiger partial charge in [-0.05, 0) is 99.2 Å². The maximum atomic E-state index is 12.1. The van der Waals surface area contributed by atoms with E-state index < -0.39 is 11.2 Å². The Morgan fingerprint density at radius 3 is 2.59 bits per heavy atom. The van der Waals surface area contributed by atoms with Crippen molar-refractivity contribution >= 4 is 5.69 Å². The molecule has 1 heterocycles. The zero-order valence-electron chi connectivity index (χ0n) is 20.5. The Kier molecular flexibility index (Phi) is 5.68. The molecule has 0 radical (unpaired) electrons. The van der Waals surface area contributed by atoms with Gasteiger partial charge in [-0.2, -0.15) is 5.10 Å². The van der Waals surface area contributed by atoms with E-state index >= 15 is 0 Å². The summed E-state index contributed by atoms with van der Waals surface area (Å²) < 4.78 is 1.91. The minimum atomic E-state index is -0.631. The van der Waals surface area contributed by atoms with Gasteiger partial charge in [0, 0.05) is 18.7 Å². The smallest absolute Gasteiger partial charge is 0.0746 e. The van der Waals surface area contributed by atoms with Gasteiger partial charge in [0.05, 0.1) is 23.1 Å². The molecule has 0 aromatic carbocycles. The SMILES string of the molecule is CCC[C@@]1(O)CCC2C(CCC3C2CC[C@@]2(C)C3CC[C@]2(O)C(C)Cn2cc(N)cn2)C1. The Labute approximate surface area is 194 Å². The molecule has 4 fully saturated rings. The van der Waals surface area contributed by atoms with E-state index in [-0.39, 0.29) is 11.3 Å². The number of anilines is 1. The average molecular weight is 444 g/mol. The Morgan fingerprint density at radius 2 is 1.88 bits per heavy atom. The molecule has 4 aliphatic carbocycles. The van der Waals surface area contributed by atoms with Gasteiger partial charge in [-0.1, -0.05) is 27.2 Å². The quantitative estimate of drug-likeness (QED) is 0.597. The van der Waals surface area contributed by atoms with Gasteiger partial charge in [-0.3, -0.25) is 4.68 Å². The van der Waals surface area contributed by atoms with Crippen LogP contribution in [0.4, 0.5) is 5.69 Å². The molecule has 4 aliphatic rings. The second-order valence-corrected chi connectivity index (χ2v) is 12.5. The van der Waals surface area contributed by atoms with Crippen LogP contribution in [0, 0.1) is 40.9 Å². The van der Waals surface area contributed by atoms with Gasteiger partial charge in [-0.15, -0.1) is 0 Å².